The zero-order chi connectivity index (χ0) is 15.6. The average Bonchev–Trinajstić information content (AvgIpc) is 2.70. The second-order valence-electron chi connectivity index (χ2n) is 5.81. The highest BCUT2D eigenvalue weighted by Crippen LogP contribution is 2.31. The van der Waals surface area contributed by atoms with Gasteiger partial charge in [0.15, 0.2) is 0 Å². The summed E-state index contributed by atoms with van der Waals surface area (Å²) in [5.41, 5.74) is 7.09. The Morgan fingerprint density at radius 2 is 1.76 bits per heavy atom. The van der Waals surface area contributed by atoms with Crippen molar-refractivity contribution in [2.75, 3.05) is 12.8 Å². The van der Waals surface area contributed by atoms with Crippen molar-refractivity contribution < 1.29 is 8.42 Å². The molecule has 0 aliphatic heterocycles. The minimum Gasteiger partial charge on any atom is -0.398 e. The first-order valence-electron chi connectivity index (χ1n) is 7.37. The maximum atomic E-state index is 12.8. The van der Waals surface area contributed by atoms with Crippen LogP contribution < -0.4 is 5.73 Å². The van der Waals surface area contributed by atoms with Crippen LogP contribution in [0, 0.1) is 6.92 Å². The molecule has 118 valence electrons. The predicted octanol–water partition coefficient (Wildman–Crippen LogP) is 3.57. The monoisotopic (exact) mass is 330 g/mol. The van der Waals surface area contributed by atoms with Gasteiger partial charge in [-0.05, 0) is 37.5 Å². The van der Waals surface area contributed by atoms with Crippen molar-refractivity contribution >= 4 is 27.3 Å². The van der Waals surface area contributed by atoms with E-state index in [1.54, 1.807) is 13.1 Å². The van der Waals surface area contributed by atoms with Crippen molar-refractivity contribution in [1.29, 1.82) is 0 Å². The lowest BCUT2D eigenvalue weighted by atomic mass is 10.1. The van der Waals surface area contributed by atoms with Gasteiger partial charge >= 0.3 is 0 Å². The van der Waals surface area contributed by atoms with Crippen LogP contribution in [0.3, 0.4) is 0 Å². The molecule has 0 amide bonds. The number of anilines is 1. The molecule has 0 atom stereocenters. The van der Waals surface area contributed by atoms with Crippen LogP contribution >= 0.6 is 11.6 Å². The Balaban J connectivity index is 2.34. The van der Waals surface area contributed by atoms with E-state index in [0.29, 0.717) is 5.69 Å². The zero-order valence-corrected chi connectivity index (χ0v) is 14.2. The van der Waals surface area contributed by atoms with E-state index in [1.165, 1.54) is 23.2 Å². The number of halogens is 1. The van der Waals surface area contributed by atoms with E-state index in [1.807, 2.05) is 6.92 Å². The number of hydrogen-bond acceptors (Lipinski definition) is 3. The number of benzene rings is 1. The molecule has 21 heavy (non-hydrogen) atoms. The second-order valence-corrected chi connectivity index (χ2v) is 8.18. The lowest BCUT2D eigenvalue weighted by molar-refractivity contribution is 0.336. The van der Waals surface area contributed by atoms with Gasteiger partial charge < -0.3 is 5.73 Å². The Kier molecular flexibility index (Phi) is 5.17. The summed E-state index contributed by atoms with van der Waals surface area (Å²) in [4.78, 5) is 0.110. The second kappa shape index (κ2) is 6.55. The summed E-state index contributed by atoms with van der Waals surface area (Å²) in [6.45, 7) is 1.81. The van der Waals surface area contributed by atoms with Gasteiger partial charge in [0.2, 0.25) is 10.0 Å². The highest BCUT2D eigenvalue weighted by atomic mass is 35.5. The standard InChI is InChI=1S/C15H23ClN2O2S/c1-11-9-13(16)15(10-14(11)17)21(19,20)18(2)12-7-5-3-4-6-8-12/h9-10,12H,3-8,17H2,1-2H3. The van der Waals surface area contributed by atoms with Crippen LogP contribution in [-0.2, 0) is 10.0 Å². The van der Waals surface area contributed by atoms with Crippen LogP contribution in [0.4, 0.5) is 5.69 Å². The van der Waals surface area contributed by atoms with Crippen molar-refractivity contribution in [1.82, 2.24) is 4.31 Å². The molecule has 1 fully saturated rings. The molecule has 2 rings (SSSR count). The predicted molar refractivity (Wildman–Crippen MR) is 87.0 cm³/mol. The molecule has 0 spiro atoms. The van der Waals surface area contributed by atoms with E-state index in [2.05, 4.69) is 0 Å². The molecule has 1 aromatic carbocycles. The molecular formula is C15H23ClN2O2S. The van der Waals surface area contributed by atoms with Crippen molar-refractivity contribution in [2.45, 2.75) is 56.4 Å². The molecule has 0 aromatic heterocycles. The van der Waals surface area contributed by atoms with Crippen LogP contribution in [0.5, 0.6) is 0 Å². The van der Waals surface area contributed by atoms with Crippen LogP contribution in [0.15, 0.2) is 17.0 Å². The highest BCUT2D eigenvalue weighted by Gasteiger charge is 2.30. The van der Waals surface area contributed by atoms with E-state index < -0.39 is 10.0 Å². The fraction of sp³-hybridized carbons (Fsp3) is 0.600. The summed E-state index contributed by atoms with van der Waals surface area (Å²) in [6.07, 6.45) is 6.34. The van der Waals surface area contributed by atoms with Gasteiger partial charge in [0, 0.05) is 18.8 Å². The molecule has 1 aliphatic carbocycles. The van der Waals surface area contributed by atoms with Crippen molar-refractivity contribution in [3.05, 3.63) is 22.7 Å². The van der Waals surface area contributed by atoms with Crippen molar-refractivity contribution in [2.24, 2.45) is 0 Å². The summed E-state index contributed by atoms with van der Waals surface area (Å²) >= 11 is 6.14. The number of aryl methyl sites for hydroxylation is 1. The molecule has 0 saturated heterocycles. The Hall–Kier alpha value is -0.780. The largest absolute Gasteiger partial charge is 0.398 e. The van der Waals surface area contributed by atoms with Gasteiger partial charge in [0.1, 0.15) is 4.90 Å². The maximum absolute atomic E-state index is 12.8. The molecular weight excluding hydrogens is 308 g/mol. The molecule has 2 N–H and O–H groups in total. The van der Waals surface area contributed by atoms with Crippen LogP contribution in [0.25, 0.3) is 0 Å². The first-order valence-corrected chi connectivity index (χ1v) is 9.19. The van der Waals surface area contributed by atoms with Gasteiger partial charge in [0.05, 0.1) is 5.02 Å². The van der Waals surface area contributed by atoms with Gasteiger partial charge in [-0.3, -0.25) is 0 Å². The minimum absolute atomic E-state index is 0.0519. The number of rotatable bonds is 3. The molecule has 1 saturated carbocycles. The summed E-state index contributed by atoms with van der Waals surface area (Å²) in [6, 6.07) is 3.14. The van der Waals surface area contributed by atoms with Gasteiger partial charge in [-0.1, -0.05) is 37.3 Å². The van der Waals surface area contributed by atoms with E-state index in [4.69, 9.17) is 17.3 Å². The lowest BCUT2D eigenvalue weighted by Crippen LogP contribution is -2.36. The Morgan fingerprint density at radius 1 is 1.19 bits per heavy atom. The minimum atomic E-state index is -3.60. The number of nitrogens with zero attached hydrogens (tertiary/aromatic N) is 1. The third-order valence-electron chi connectivity index (χ3n) is 4.32. The van der Waals surface area contributed by atoms with E-state index >= 15 is 0 Å². The normalized spacial score (nSPS) is 17.9. The molecule has 0 bridgehead atoms. The maximum Gasteiger partial charge on any atom is 0.244 e. The lowest BCUT2D eigenvalue weighted by Gasteiger charge is -2.27. The molecule has 4 nitrogen and oxygen atoms in total. The molecule has 0 heterocycles. The van der Waals surface area contributed by atoms with Crippen molar-refractivity contribution in [3.63, 3.8) is 0 Å². The first-order chi connectivity index (χ1) is 9.84. The molecule has 0 unspecified atom stereocenters. The van der Waals surface area contributed by atoms with E-state index in [0.717, 1.165) is 31.2 Å². The number of nitrogens with two attached hydrogens (primary N) is 1. The van der Waals surface area contributed by atoms with Crippen LogP contribution in [0.2, 0.25) is 5.02 Å². The van der Waals surface area contributed by atoms with Gasteiger partial charge in [-0.25, -0.2) is 8.42 Å². The Bertz CT molecular complexity index is 608. The number of sulfonamides is 1. The van der Waals surface area contributed by atoms with Gasteiger partial charge in [-0.15, -0.1) is 0 Å². The third kappa shape index (κ3) is 3.52. The zero-order valence-electron chi connectivity index (χ0n) is 12.6. The molecule has 1 aromatic rings. The summed E-state index contributed by atoms with van der Waals surface area (Å²) in [5, 5.41) is 0.238. The van der Waals surface area contributed by atoms with Crippen LogP contribution in [0.1, 0.15) is 44.1 Å². The molecule has 6 heteroatoms. The van der Waals surface area contributed by atoms with Crippen molar-refractivity contribution in [3.8, 4) is 0 Å². The summed E-state index contributed by atoms with van der Waals surface area (Å²) in [7, 11) is -1.95. The summed E-state index contributed by atoms with van der Waals surface area (Å²) in [5.74, 6) is 0. The van der Waals surface area contributed by atoms with E-state index in [9.17, 15) is 8.42 Å². The Morgan fingerprint density at radius 3 is 2.33 bits per heavy atom. The molecule has 1 aliphatic rings. The molecule has 0 radical (unpaired) electrons. The average molecular weight is 331 g/mol. The smallest absolute Gasteiger partial charge is 0.244 e. The topological polar surface area (TPSA) is 63.4 Å². The SMILES string of the molecule is Cc1cc(Cl)c(S(=O)(=O)N(C)C2CCCCCC2)cc1N. The quantitative estimate of drug-likeness (QED) is 0.680. The van der Waals surface area contributed by atoms with E-state index in [-0.39, 0.29) is 16.0 Å². The first kappa shape index (κ1) is 16.6. The number of nitrogen functional groups attached to an aromatic ring is 1. The van der Waals surface area contributed by atoms with Crippen LogP contribution in [-0.4, -0.2) is 25.8 Å². The summed E-state index contributed by atoms with van der Waals surface area (Å²) < 4.78 is 27.1. The Labute approximate surface area is 132 Å². The van der Waals surface area contributed by atoms with Gasteiger partial charge in [-0.2, -0.15) is 4.31 Å². The third-order valence-corrected chi connectivity index (χ3v) is 6.69. The number of hydrogen-bond donors (Lipinski definition) is 1. The highest BCUT2D eigenvalue weighted by molar-refractivity contribution is 7.89. The fourth-order valence-electron chi connectivity index (χ4n) is 2.84. The fourth-order valence-corrected chi connectivity index (χ4v) is 4.84. The van der Waals surface area contributed by atoms with Gasteiger partial charge in [0.25, 0.3) is 0 Å².